The van der Waals surface area contributed by atoms with E-state index < -0.39 is 0 Å². The SMILES string of the molecule is ClC1CC(CNc2cccnn2)C1. The van der Waals surface area contributed by atoms with Gasteiger partial charge in [-0.3, -0.25) is 0 Å². The number of halogens is 1. The van der Waals surface area contributed by atoms with Crippen molar-refractivity contribution in [3.63, 3.8) is 0 Å². The van der Waals surface area contributed by atoms with Crippen LogP contribution in [0.25, 0.3) is 0 Å². The Bertz CT molecular complexity index is 259. The lowest BCUT2D eigenvalue weighted by atomic mass is 9.85. The minimum Gasteiger partial charge on any atom is -0.368 e. The molecule has 0 atom stereocenters. The van der Waals surface area contributed by atoms with Gasteiger partial charge in [-0.2, -0.15) is 5.10 Å². The van der Waals surface area contributed by atoms with E-state index in [9.17, 15) is 0 Å². The van der Waals surface area contributed by atoms with Crippen LogP contribution in [0.15, 0.2) is 18.3 Å². The van der Waals surface area contributed by atoms with Crippen LogP contribution < -0.4 is 5.32 Å². The van der Waals surface area contributed by atoms with Gasteiger partial charge < -0.3 is 5.32 Å². The fraction of sp³-hybridized carbons (Fsp3) is 0.556. The van der Waals surface area contributed by atoms with Gasteiger partial charge in [0.25, 0.3) is 0 Å². The third-order valence-corrected chi connectivity index (χ3v) is 2.68. The Labute approximate surface area is 82.5 Å². The van der Waals surface area contributed by atoms with Crippen LogP contribution in [0, 0.1) is 5.92 Å². The number of alkyl halides is 1. The van der Waals surface area contributed by atoms with Gasteiger partial charge in [-0.1, -0.05) is 0 Å². The third-order valence-electron chi connectivity index (χ3n) is 2.32. The molecule has 3 nitrogen and oxygen atoms in total. The first-order valence-electron chi connectivity index (χ1n) is 4.50. The summed E-state index contributed by atoms with van der Waals surface area (Å²) < 4.78 is 0. The minimum absolute atomic E-state index is 0.397. The van der Waals surface area contributed by atoms with Gasteiger partial charge in [0.15, 0.2) is 0 Å². The molecule has 70 valence electrons. The van der Waals surface area contributed by atoms with Gasteiger partial charge in [0.1, 0.15) is 5.82 Å². The summed E-state index contributed by atoms with van der Waals surface area (Å²) >= 11 is 5.87. The average Bonchev–Trinajstić information content (AvgIpc) is 2.12. The standard InChI is InChI=1S/C9H12ClN3/c10-8-4-7(5-8)6-11-9-2-1-3-12-13-9/h1-3,7-8H,4-6H2,(H,11,13). The molecule has 1 saturated carbocycles. The van der Waals surface area contributed by atoms with Crippen molar-refractivity contribution >= 4 is 17.4 Å². The molecule has 1 fully saturated rings. The van der Waals surface area contributed by atoms with Crippen molar-refractivity contribution in [2.75, 3.05) is 11.9 Å². The lowest BCUT2D eigenvalue weighted by Gasteiger charge is -2.30. The van der Waals surface area contributed by atoms with Gasteiger partial charge in [0.05, 0.1) is 0 Å². The topological polar surface area (TPSA) is 37.8 Å². The Morgan fingerprint density at radius 2 is 2.38 bits per heavy atom. The molecular formula is C9H12ClN3. The fourth-order valence-electron chi connectivity index (χ4n) is 1.47. The monoisotopic (exact) mass is 197 g/mol. The van der Waals surface area contributed by atoms with Crippen molar-refractivity contribution in [2.24, 2.45) is 5.92 Å². The molecule has 0 bridgehead atoms. The highest BCUT2D eigenvalue weighted by Gasteiger charge is 2.26. The predicted molar refractivity (Wildman–Crippen MR) is 52.9 cm³/mol. The maximum atomic E-state index is 5.87. The second-order valence-electron chi connectivity index (χ2n) is 3.42. The van der Waals surface area contributed by atoms with E-state index in [1.54, 1.807) is 6.20 Å². The second-order valence-corrected chi connectivity index (χ2v) is 4.04. The van der Waals surface area contributed by atoms with E-state index in [4.69, 9.17) is 11.6 Å². The summed E-state index contributed by atoms with van der Waals surface area (Å²) in [5, 5.41) is 11.3. The summed E-state index contributed by atoms with van der Waals surface area (Å²) in [5.74, 6) is 1.56. The molecule has 0 amide bonds. The highest BCUT2D eigenvalue weighted by atomic mass is 35.5. The molecule has 13 heavy (non-hydrogen) atoms. The zero-order valence-corrected chi connectivity index (χ0v) is 8.04. The Hall–Kier alpha value is -0.830. The molecule has 1 heterocycles. The molecule has 1 aromatic rings. The molecule has 0 unspecified atom stereocenters. The molecule has 1 aliphatic carbocycles. The number of nitrogens with zero attached hydrogens (tertiary/aromatic N) is 2. The van der Waals surface area contributed by atoms with Crippen LogP contribution in [0.3, 0.4) is 0 Å². The molecule has 0 aromatic carbocycles. The minimum atomic E-state index is 0.397. The first-order valence-corrected chi connectivity index (χ1v) is 4.94. The van der Waals surface area contributed by atoms with Crippen LogP contribution in [-0.4, -0.2) is 22.1 Å². The third kappa shape index (κ3) is 2.31. The largest absolute Gasteiger partial charge is 0.368 e. The summed E-state index contributed by atoms with van der Waals surface area (Å²) in [4.78, 5) is 0. The molecule has 1 aromatic heterocycles. The molecule has 0 aliphatic heterocycles. The van der Waals surface area contributed by atoms with Crippen molar-refractivity contribution in [1.82, 2.24) is 10.2 Å². The molecule has 1 aliphatic rings. The molecule has 1 N–H and O–H groups in total. The van der Waals surface area contributed by atoms with Crippen LogP contribution in [-0.2, 0) is 0 Å². The Morgan fingerprint density at radius 3 is 3.00 bits per heavy atom. The lowest BCUT2D eigenvalue weighted by Crippen LogP contribution is -2.30. The smallest absolute Gasteiger partial charge is 0.148 e. The van der Waals surface area contributed by atoms with Crippen molar-refractivity contribution in [3.8, 4) is 0 Å². The van der Waals surface area contributed by atoms with Crippen molar-refractivity contribution < 1.29 is 0 Å². The maximum Gasteiger partial charge on any atom is 0.148 e. The Morgan fingerprint density at radius 1 is 1.54 bits per heavy atom. The zero-order valence-electron chi connectivity index (χ0n) is 7.28. The molecule has 0 saturated heterocycles. The van der Waals surface area contributed by atoms with Gasteiger partial charge in [-0.05, 0) is 30.9 Å². The molecule has 2 rings (SSSR count). The highest BCUT2D eigenvalue weighted by Crippen LogP contribution is 2.31. The second kappa shape index (κ2) is 3.92. The van der Waals surface area contributed by atoms with Crippen molar-refractivity contribution in [1.29, 1.82) is 0 Å². The van der Waals surface area contributed by atoms with E-state index >= 15 is 0 Å². The number of hydrogen-bond donors (Lipinski definition) is 1. The van der Waals surface area contributed by atoms with E-state index in [2.05, 4.69) is 15.5 Å². The van der Waals surface area contributed by atoms with Crippen LogP contribution in [0.1, 0.15) is 12.8 Å². The summed E-state index contributed by atoms with van der Waals surface area (Å²) in [7, 11) is 0. The van der Waals surface area contributed by atoms with Gasteiger partial charge in [0, 0.05) is 18.1 Å². The molecule has 4 heteroatoms. The van der Waals surface area contributed by atoms with Crippen LogP contribution in [0.2, 0.25) is 0 Å². The van der Waals surface area contributed by atoms with Gasteiger partial charge in [-0.25, -0.2) is 0 Å². The van der Waals surface area contributed by atoms with E-state index in [-0.39, 0.29) is 0 Å². The van der Waals surface area contributed by atoms with E-state index in [1.807, 2.05) is 12.1 Å². The van der Waals surface area contributed by atoms with Crippen molar-refractivity contribution in [2.45, 2.75) is 18.2 Å². The maximum absolute atomic E-state index is 5.87. The van der Waals surface area contributed by atoms with Gasteiger partial charge >= 0.3 is 0 Å². The predicted octanol–water partition coefficient (Wildman–Crippen LogP) is 1.91. The number of anilines is 1. The summed E-state index contributed by atoms with van der Waals surface area (Å²) in [6, 6.07) is 3.80. The van der Waals surface area contributed by atoms with Crippen molar-refractivity contribution in [3.05, 3.63) is 18.3 Å². The van der Waals surface area contributed by atoms with Gasteiger partial charge in [0.2, 0.25) is 0 Å². The molecular weight excluding hydrogens is 186 g/mol. The summed E-state index contributed by atoms with van der Waals surface area (Å²) in [6.07, 6.45) is 3.91. The lowest BCUT2D eigenvalue weighted by molar-refractivity contribution is 0.341. The number of rotatable bonds is 3. The molecule has 0 spiro atoms. The summed E-state index contributed by atoms with van der Waals surface area (Å²) in [5.41, 5.74) is 0. The zero-order chi connectivity index (χ0) is 9.10. The van der Waals surface area contributed by atoms with E-state index in [1.165, 1.54) is 0 Å². The normalized spacial score (nSPS) is 26.5. The molecule has 0 radical (unpaired) electrons. The van der Waals surface area contributed by atoms with Crippen LogP contribution in [0.5, 0.6) is 0 Å². The van der Waals surface area contributed by atoms with E-state index in [0.717, 1.165) is 25.2 Å². The van der Waals surface area contributed by atoms with Crippen LogP contribution in [0.4, 0.5) is 5.82 Å². The summed E-state index contributed by atoms with van der Waals surface area (Å²) in [6.45, 7) is 0.960. The fourth-order valence-corrected chi connectivity index (χ4v) is 1.97. The number of aromatic nitrogens is 2. The first kappa shape index (κ1) is 8.75. The van der Waals surface area contributed by atoms with Gasteiger partial charge in [-0.15, -0.1) is 16.7 Å². The quantitative estimate of drug-likeness (QED) is 0.753. The number of nitrogens with one attached hydrogen (secondary N) is 1. The Balaban J connectivity index is 1.74. The van der Waals surface area contributed by atoms with Crippen LogP contribution >= 0.6 is 11.6 Å². The Kier molecular flexibility index (Phi) is 2.64. The van der Waals surface area contributed by atoms with E-state index in [0.29, 0.717) is 11.3 Å². The highest BCUT2D eigenvalue weighted by molar-refractivity contribution is 6.21. The number of hydrogen-bond acceptors (Lipinski definition) is 3. The average molecular weight is 198 g/mol. The first-order chi connectivity index (χ1) is 6.34.